The standard InChI is InChI=1S/C13H16ClNO2/c14-9-10-3-1-4-11(7-10)15-13(16)8-12-5-2-6-17-12/h1,3-4,7,12H,2,5-6,8-9H2,(H,15,16). The summed E-state index contributed by atoms with van der Waals surface area (Å²) in [6, 6.07) is 7.58. The summed E-state index contributed by atoms with van der Waals surface area (Å²) in [5, 5.41) is 2.87. The highest BCUT2D eigenvalue weighted by atomic mass is 35.5. The number of ether oxygens (including phenoxy) is 1. The maximum absolute atomic E-state index is 11.7. The molecule has 0 aromatic heterocycles. The Morgan fingerprint density at radius 1 is 1.53 bits per heavy atom. The Balaban J connectivity index is 1.88. The smallest absolute Gasteiger partial charge is 0.226 e. The number of carbonyl (C=O) groups excluding carboxylic acids is 1. The van der Waals surface area contributed by atoms with Gasteiger partial charge in [0.05, 0.1) is 12.5 Å². The number of alkyl halides is 1. The van der Waals surface area contributed by atoms with E-state index in [1.807, 2.05) is 24.3 Å². The number of halogens is 1. The van der Waals surface area contributed by atoms with Gasteiger partial charge in [0.25, 0.3) is 0 Å². The Labute approximate surface area is 106 Å². The van der Waals surface area contributed by atoms with E-state index in [4.69, 9.17) is 16.3 Å². The molecule has 17 heavy (non-hydrogen) atoms. The summed E-state index contributed by atoms with van der Waals surface area (Å²) in [6.07, 6.45) is 2.56. The molecule has 3 nitrogen and oxygen atoms in total. The molecule has 4 heteroatoms. The van der Waals surface area contributed by atoms with Crippen LogP contribution in [-0.2, 0) is 15.4 Å². The third-order valence-corrected chi connectivity index (χ3v) is 3.11. The molecule has 1 N–H and O–H groups in total. The van der Waals surface area contributed by atoms with Crippen molar-refractivity contribution in [3.8, 4) is 0 Å². The molecular weight excluding hydrogens is 238 g/mol. The van der Waals surface area contributed by atoms with Gasteiger partial charge in [-0.25, -0.2) is 0 Å². The van der Waals surface area contributed by atoms with Gasteiger partial charge in [0.15, 0.2) is 0 Å². The molecular formula is C13H16ClNO2. The fraction of sp³-hybridized carbons (Fsp3) is 0.462. The molecule has 1 fully saturated rings. The van der Waals surface area contributed by atoms with Crippen molar-refractivity contribution in [1.29, 1.82) is 0 Å². The summed E-state index contributed by atoms with van der Waals surface area (Å²) < 4.78 is 5.42. The van der Waals surface area contributed by atoms with E-state index in [-0.39, 0.29) is 12.0 Å². The molecule has 2 rings (SSSR count). The molecule has 0 radical (unpaired) electrons. The molecule has 0 saturated carbocycles. The van der Waals surface area contributed by atoms with Crippen molar-refractivity contribution < 1.29 is 9.53 Å². The van der Waals surface area contributed by atoms with E-state index in [1.165, 1.54) is 0 Å². The summed E-state index contributed by atoms with van der Waals surface area (Å²) in [7, 11) is 0. The lowest BCUT2D eigenvalue weighted by Gasteiger charge is -2.10. The van der Waals surface area contributed by atoms with Gasteiger partial charge in [-0.1, -0.05) is 12.1 Å². The third-order valence-electron chi connectivity index (χ3n) is 2.80. The summed E-state index contributed by atoms with van der Waals surface area (Å²) in [6.45, 7) is 0.777. The molecule has 0 bridgehead atoms. The van der Waals surface area contributed by atoms with Crippen LogP contribution in [0.25, 0.3) is 0 Å². The second kappa shape index (κ2) is 6.03. The van der Waals surface area contributed by atoms with Crippen molar-refractivity contribution in [2.75, 3.05) is 11.9 Å². The van der Waals surface area contributed by atoms with Crippen LogP contribution >= 0.6 is 11.6 Å². The van der Waals surface area contributed by atoms with E-state index < -0.39 is 0 Å². The van der Waals surface area contributed by atoms with Crippen molar-refractivity contribution in [2.45, 2.75) is 31.2 Å². The minimum absolute atomic E-state index is 0.00335. The number of nitrogens with one attached hydrogen (secondary N) is 1. The monoisotopic (exact) mass is 253 g/mol. The largest absolute Gasteiger partial charge is 0.378 e. The second-order valence-electron chi connectivity index (χ2n) is 4.22. The van der Waals surface area contributed by atoms with Crippen LogP contribution in [0.3, 0.4) is 0 Å². The molecule has 1 aliphatic rings. The van der Waals surface area contributed by atoms with Gasteiger partial charge in [0.2, 0.25) is 5.91 Å². The SMILES string of the molecule is O=C(CC1CCCO1)Nc1cccc(CCl)c1. The Hall–Kier alpha value is -1.06. The van der Waals surface area contributed by atoms with E-state index in [9.17, 15) is 4.79 Å². The Kier molecular flexibility index (Phi) is 4.40. The fourth-order valence-electron chi connectivity index (χ4n) is 1.96. The van der Waals surface area contributed by atoms with Gasteiger partial charge in [0.1, 0.15) is 0 Å². The maximum atomic E-state index is 11.7. The lowest BCUT2D eigenvalue weighted by Crippen LogP contribution is -2.19. The number of hydrogen-bond acceptors (Lipinski definition) is 2. The molecule has 1 heterocycles. The zero-order valence-corrected chi connectivity index (χ0v) is 10.4. The van der Waals surface area contributed by atoms with Crippen LogP contribution in [0.4, 0.5) is 5.69 Å². The average molecular weight is 254 g/mol. The lowest BCUT2D eigenvalue weighted by molar-refractivity contribution is -0.118. The lowest BCUT2D eigenvalue weighted by atomic mass is 10.1. The number of carbonyl (C=O) groups is 1. The van der Waals surface area contributed by atoms with Gasteiger partial charge in [-0.2, -0.15) is 0 Å². The van der Waals surface area contributed by atoms with Crippen molar-refractivity contribution in [1.82, 2.24) is 0 Å². The second-order valence-corrected chi connectivity index (χ2v) is 4.49. The molecule has 0 aliphatic carbocycles. The van der Waals surface area contributed by atoms with Crippen molar-refractivity contribution in [2.24, 2.45) is 0 Å². The summed E-state index contributed by atoms with van der Waals surface area (Å²) in [5.74, 6) is 0.457. The first-order valence-electron chi connectivity index (χ1n) is 5.84. The van der Waals surface area contributed by atoms with Gasteiger partial charge in [-0.15, -0.1) is 11.6 Å². The van der Waals surface area contributed by atoms with Crippen molar-refractivity contribution in [3.63, 3.8) is 0 Å². The average Bonchev–Trinajstić information content (AvgIpc) is 2.82. The number of rotatable bonds is 4. The van der Waals surface area contributed by atoms with Gasteiger partial charge < -0.3 is 10.1 Å². The highest BCUT2D eigenvalue weighted by molar-refractivity contribution is 6.17. The van der Waals surface area contributed by atoms with Crippen molar-refractivity contribution >= 4 is 23.2 Å². The van der Waals surface area contributed by atoms with E-state index in [0.717, 1.165) is 30.7 Å². The molecule has 92 valence electrons. The highest BCUT2D eigenvalue weighted by Crippen LogP contribution is 2.17. The first kappa shape index (κ1) is 12.4. The van der Waals surface area contributed by atoms with Crippen LogP contribution in [0.5, 0.6) is 0 Å². The van der Waals surface area contributed by atoms with Crippen LogP contribution < -0.4 is 5.32 Å². The molecule has 0 spiro atoms. The van der Waals surface area contributed by atoms with Gasteiger partial charge in [-0.3, -0.25) is 4.79 Å². The topological polar surface area (TPSA) is 38.3 Å². The molecule has 1 amide bonds. The van der Waals surface area contributed by atoms with Crippen LogP contribution in [0.2, 0.25) is 0 Å². The normalized spacial score (nSPS) is 19.2. The Morgan fingerprint density at radius 2 is 2.41 bits per heavy atom. The molecule has 1 unspecified atom stereocenters. The zero-order valence-electron chi connectivity index (χ0n) is 9.62. The summed E-state index contributed by atoms with van der Waals surface area (Å²) in [4.78, 5) is 11.7. The summed E-state index contributed by atoms with van der Waals surface area (Å²) in [5.41, 5.74) is 1.80. The fourth-order valence-corrected chi connectivity index (χ4v) is 2.12. The van der Waals surface area contributed by atoms with E-state index >= 15 is 0 Å². The predicted octanol–water partition coefficient (Wildman–Crippen LogP) is 2.93. The molecule has 1 aromatic carbocycles. The van der Waals surface area contributed by atoms with Crippen LogP contribution in [-0.4, -0.2) is 18.6 Å². The van der Waals surface area contributed by atoms with Crippen molar-refractivity contribution in [3.05, 3.63) is 29.8 Å². The maximum Gasteiger partial charge on any atom is 0.226 e. The van der Waals surface area contributed by atoms with E-state index in [2.05, 4.69) is 5.32 Å². The first-order chi connectivity index (χ1) is 8.28. The first-order valence-corrected chi connectivity index (χ1v) is 6.38. The van der Waals surface area contributed by atoms with Crippen LogP contribution in [0.1, 0.15) is 24.8 Å². The van der Waals surface area contributed by atoms with E-state index in [1.54, 1.807) is 0 Å². The minimum Gasteiger partial charge on any atom is -0.378 e. The highest BCUT2D eigenvalue weighted by Gasteiger charge is 2.18. The predicted molar refractivity (Wildman–Crippen MR) is 68.2 cm³/mol. The number of anilines is 1. The van der Waals surface area contributed by atoms with Gasteiger partial charge in [-0.05, 0) is 30.5 Å². The van der Waals surface area contributed by atoms with Crippen LogP contribution in [0, 0.1) is 0 Å². The summed E-state index contributed by atoms with van der Waals surface area (Å²) >= 11 is 5.74. The Bertz CT molecular complexity index is 389. The number of benzene rings is 1. The van der Waals surface area contributed by atoms with Crippen LogP contribution in [0.15, 0.2) is 24.3 Å². The quantitative estimate of drug-likeness (QED) is 0.838. The minimum atomic E-state index is 0.00335. The van der Waals surface area contributed by atoms with Gasteiger partial charge >= 0.3 is 0 Å². The van der Waals surface area contributed by atoms with Gasteiger partial charge in [0, 0.05) is 18.2 Å². The molecule has 1 aromatic rings. The Morgan fingerprint density at radius 3 is 3.12 bits per heavy atom. The van der Waals surface area contributed by atoms with E-state index in [0.29, 0.717) is 12.3 Å². The molecule has 1 saturated heterocycles. The third kappa shape index (κ3) is 3.72. The molecule has 1 atom stereocenters. The zero-order chi connectivity index (χ0) is 12.1. The number of hydrogen-bond donors (Lipinski definition) is 1. The number of amides is 1. The molecule has 1 aliphatic heterocycles.